The molecule has 0 saturated carbocycles. The van der Waals surface area contributed by atoms with E-state index in [1.165, 1.54) is 12.1 Å². The first-order valence-electron chi connectivity index (χ1n) is 8.99. The zero-order valence-corrected chi connectivity index (χ0v) is 15.0. The van der Waals surface area contributed by atoms with Crippen molar-refractivity contribution in [2.45, 2.75) is 6.18 Å². The van der Waals surface area contributed by atoms with E-state index in [2.05, 4.69) is 9.88 Å². The molecule has 4 rings (SSSR count). The maximum absolute atomic E-state index is 12.7. The molecule has 7 heteroatoms. The number of piperazine rings is 1. The highest BCUT2D eigenvalue weighted by Crippen LogP contribution is 2.29. The summed E-state index contributed by atoms with van der Waals surface area (Å²) < 4.78 is 38.0. The van der Waals surface area contributed by atoms with Gasteiger partial charge in [0.25, 0.3) is 5.91 Å². The van der Waals surface area contributed by atoms with E-state index in [1.54, 1.807) is 4.90 Å². The number of halogens is 3. The molecule has 0 unspecified atom stereocenters. The van der Waals surface area contributed by atoms with Crippen molar-refractivity contribution in [2.75, 3.05) is 31.1 Å². The number of rotatable bonds is 2. The lowest BCUT2D eigenvalue weighted by molar-refractivity contribution is -0.137. The minimum atomic E-state index is -4.40. The SMILES string of the molecule is O=C(c1ccc(C(F)(F)F)cc1)N1CCN(c2ccc3ccccc3n2)CC1. The molecule has 1 aromatic heterocycles. The van der Waals surface area contributed by atoms with E-state index in [4.69, 9.17) is 0 Å². The van der Waals surface area contributed by atoms with E-state index in [-0.39, 0.29) is 11.5 Å². The number of carbonyl (C=O) groups is 1. The van der Waals surface area contributed by atoms with Crippen LogP contribution in [-0.2, 0) is 6.18 Å². The highest BCUT2D eigenvalue weighted by molar-refractivity contribution is 5.94. The molecule has 2 heterocycles. The Balaban J connectivity index is 1.42. The fraction of sp³-hybridized carbons (Fsp3) is 0.238. The molecular formula is C21H18F3N3O. The number of benzene rings is 2. The van der Waals surface area contributed by atoms with Gasteiger partial charge < -0.3 is 9.80 Å². The van der Waals surface area contributed by atoms with Crippen molar-refractivity contribution in [3.05, 3.63) is 71.8 Å². The second kappa shape index (κ2) is 7.14. The van der Waals surface area contributed by atoms with Gasteiger partial charge in [-0.3, -0.25) is 4.79 Å². The van der Waals surface area contributed by atoms with E-state index >= 15 is 0 Å². The van der Waals surface area contributed by atoms with Gasteiger partial charge in [0, 0.05) is 37.1 Å². The topological polar surface area (TPSA) is 36.4 Å². The van der Waals surface area contributed by atoms with Crippen LogP contribution in [0.3, 0.4) is 0 Å². The van der Waals surface area contributed by atoms with Gasteiger partial charge in [0.05, 0.1) is 11.1 Å². The third-order valence-corrected chi connectivity index (χ3v) is 4.93. The number of carbonyl (C=O) groups excluding carboxylic acids is 1. The van der Waals surface area contributed by atoms with Gasteiger partial charge >= 0.3 is 6.18 Å². The molecule has 0 radical (unpaired) electrons. The van der Waals surface area contributed by atoms with E-state index in [0.717, 1.165) is 28.9 Å². The number of hydrogen-bond acceptors (Lipinski definition) is 3. The number of alkyl halides is 3. The van der Waals surface area contributed by atoms with Crippen LogP contribution in [0.5, 0.6) is 0 Å². The van der Waals surface area contributed by atoms with Gasteiger partial charge in [-0.25, -0.2) is 4.98 Å². The molecule has 0 aliphatic carbocycles. The predicted molar refractivity (Wildman–Crippen MR) is 101 cm³/mol. The predicted octanol–water partition coefficient (Wildman–Crippen LogP) is 4.22. The van der Waals surface area contributed by atoms with E-state index in [9.17, 15) is 18.0 Å². The van der Waals surface area contributed by atoms with Crippen LogP contribution in [0, 0.1) is 0 Å². The number of fused-ring (bicyclic) bond motifs is 1. The molecule has 1 amide bonds. The van der Waals surface area contributed by atoms with Crippen molar-refractivity contribution in [3.8, 4) is 0 Å². The quantitative estimate of drug-likeness (QED) is 0.663. The summed E-state index contributed by atoms with van der Waals surface area (Å²) in [4.78, 5) is 21.0. The van der Waals surface area contributed by atoms with E-state index in [1.807, 2.05) is 36.4 Å². The lowest BCUT2D eigenvalue weighted by atomic mass is 10.1. The van der Waals surface area contributed by atoms with Gasteiger partial charge in [0.2, 0.25) is 0 Å². The Hall–Kier alpha value is -3.09. The maximum Gasteiger partial charge on any atom is 0.416 e. The monoisotopic (exact) mass is 385 g/mol. The van der Waals surface area contributed by atoms with Crippen molar-refractivity contribution >= 4 is 22.6 Å². The molecule has 28 heavy (non-hydrogen) atoms. The van der Waals surface area contributed by atoms with Gasteiger partial charge in [-0.05, 0) is 42.5 Å². The second-order valence-corrected chi connectivity index (χ2v) is 6.72. The van der Waals surface area contributed by atoms with Crippen molar-refractivity contribution in [1.29, 1.82) is 0 Å². The molecule has 2 aromatic carbocycles. The summed E-state index contributed by atoms with van der Waals surface area (Å²) >= 11 is 0. The van der Waals surface area contributed by atoms with Crippen LogP contribution in [-0.4, -0.2) is 42.0 Å². The Morgan fingerprint density at radius 2 is 1.54 bits per heavy atom. The second-order valence-electron chi connectivity index (χ2n) is 6.72. The van der Waals surface area contributed by atoms with Crippen molar-refractivity contribution in [2.24, 2.45) is 0 Å². The van der Waals surface area contributed by atoms with Crippen LogP contribution < -0.4 is 4.90 Å². The lowest BCUT2D eigenvalue weighted by Gasteiger charge is -2.35. The highest BCUT2D eigenvalue weighted by atomic mass is 19.4. The fourth-order valence-corrected chi connectivity index (χ4v) is 3.35. The Bertz CT molecular complexity index is 994. The van der Waals surface area contributed by atoms with Crippen LogP contribution in [0.15, 0.2) is 60.7 Å². The number of nitrogens with zero attached hydrogens (tertiary/aromatic N) is 3. The third kappa shape index (κ3) is 3.65. The smallest absolute Gasteiger partial charge is 0.353 e. The summed E-state index contributed by atoms with van der Waals surface area (Å²) in [5.74, 6) is 0.611. The van der Waals surface area contributed by atoms with Crippen molar-refractivity contribution in [3.63, 3.8) is 0 Å². The molecule has 1 fully saturated rings. The van der Waals surface area contributed by atoms with Crippen LogP contribution in [0.1, 0.15) is 15.9 Å². The lowest BCUT2D eigenvalue weighted by Crippen LogP contribution is -2.49. The number of para-hydroxylation sites is 1. The molecule has 0 bridgehead atoms. The molecule has 1 aliphatic rings. The molecule has 0 N–H and O–H groups in total. The largest absolute Gasteiger partial charge is 0.416 e. The Labute approximate surface area is 160 Å². The first-order valence-corrected chi connectivity index (χ1v) is 8.99. The van der Waals surface area contributed by atoms with Crippen LogP contribution >= 0.6 is 0 Å². The minimum absolute atomic E-state index is 0.250. The van der Waals surface area contributed by atoms with Crippen LogP contribution in [0.25, 0.3) is 10.9 Å². The molecule has 1 aliphatic heterocycles. The third-order valence-electron chi connectivity index (χ3n) is 4.93. The number of anilines is 1. The summed E-state index contributed by atoms with van der Waals surface area (Å²) in [5.41, 5.74) is 0.435. The number of amides is 1. The molecule has 1 saturated heterocycles. The highest BCUT2D eigenvalue weighted by Gasteiger charge is 2.30. The van der Waals surface area contributed by atoms with Crippen molar-refractivity contribution in [1.82, 2.24) is 9.88 Å². The van der Waals surface area contributed by atoms with E-state index in [0.29, 0.717) is 26.2 Å². The first kappa shape index (κ1) is 18.3. The molecule has 0 spiro atoms. The average molecular weight is 385 g/mol. The Morgan fingerprint density at radius 3 is 2.21 bits per heavy atom. The van der Waals surface area contributed by atoms with Crippen LogP contribution in [0.4, 0.5) is 19.0 Å². The fourth-order valence-electron chi connectivity index (χ4n) is 3.35. The summed E-state index contributed by atoms with van der Waals surface area (Å²) in [6, 6.07) is 16.2. The zero-order chi connectivity index (χ0) is 19.7. The number of aromatic nitrogens is 1. The molecule has 144 valence electrons. The summed E-state index contributed by atoms with van der Waals surface area (Å²) in [5, 5.41) is 1.07. The van der Waals surface area contributed by atoms with E-state index < -0.39 is 11.7 Å². The Kier molecular flexibility index (Phi) is 4.66. The van der Waals surface area contributed by atoms with Gasteiger partial charge in [0.15, 0.2) is 0 Å². The minimum Gasteiger partial charge on any atom is -0.353 e. The molecular weight excluding hydrogens is 367 g/mol. The standard InChI is InChI=1S/C21H18F3N3O/c22-21(23,24)17-8-5-16(6-9-17)20(28)27-13-11-26(12-14-27)19-10-7-15-3-1-2-4-18(15)25-19/h1-10H,11-14H2. The summed E-state index contributed by atoms with van der Waals surface area (Å²) in [6.07, 6.45) is -4.40. The first-order chi connectivity index (χ1) is 13.4. The Morgan fingerprint density at radius 1 is 0.857 bits per heavy atom. The maximum atomic E-state index is 12.7. The normalized spacial score (nSPS) is 15.1. The summed E-state index contributed by atoms with van der Waals surface area (Å²) in [6.45, 7) is 2.23. The number of pyridine rings is 1. The molecule has 0 atom stereocenters. The van der Waals surface area contributed by atoms with Gasteiger partial charge in [-0.2, -0.15) is 13.2 Å². The van der Waals surface area contributed by atoms with Crippen molar-refractivity contribution < 1.29 is 18.0 Å². The van der Waals surface area contributed by atoms with Crippen LogP contribution in [0.2, 0.25) is 0 Å². The molecule has 3 aromatic rings. The van der Waals surface area contributed by atoms with Gasteiger partial charge in [0.1, 0.15) is 5.82 Å². The number of hydrogen-bond donors (Lipinski definition) is 0. The van der Waals surface area contributed by atoms with Gasteiger partial charge in [-0.1, -0.05) is 18.2 Å². The average Bonchev–Trinajstić information content (AvgIpc) is 2.72. The summed E-state index contributed by atoms with van der Waals surface area (Å²) in [7, 11) is 0. The van der Waals surface area contributed by atoms with Gasteiger partial charge in [-0.15, -0.1) is 0 Å². The zero-order valence-electron chi connectivity index (χ0n) is 15.0. The molecule has 4 nitrogen and oxygen atoms in total.